The first-order valence-corrected chi connectivity index (χ1v) is 12.7. The first-order chi connectivity index (χ1) is 15.4. The van der Waals surface area contributed by atoms with Gasteiger partial charge in [-0.15, -0.1) is 0 Å². The molecule has 0 bridgehead atoms. The third-order valence-electron chi connectivity index (χ3n) is 6.29. The Morgan fingerprint density at radius 2 is 1.84 bits per heavy atom. The summed E-state index contributed by atoms with van der Waals surface area (Å²) in [5.41, 5.74) is 3.12. The largest absolute Gasteiger partial charge is 0.459 e. The standard InChI is InChI=1S/C25H33N3O3S/c1-16(2)31-24(30)21-17(3)26-25-28(14-7-15-32-25)22(21)18-10-12-20(13-11-18)27-23(29)19-8-5-4-6-9-19/h10-13,16,19,22H,4-9,14-15H2,1-3H3,(H,27,29). The summed E-state index contributed by atoms with van der Waals surface area (Å²) >= 11 is 1.74. The van der Waals surface area contributed by atoms with Crippen molar-refractivity contribution in [1.82, 2.24) is 4.90 Å². The molecule has 2 aliphatic heterocycles. The van der Waals surface area contributed by atoms with Crippen LogP contribution >= 0.6 is 11.8 Å². The number of nitrogens with one attached hydrogen (secondary N) is 1. The van der Waals surface area contributed by atoms with Crippen LogP contribution in [0.1, 0.15) is 70.9 Å². The number of allylic oxidation sites excluding steroid dienone is 1. The lowest BCUT2D eigenvalue weighted by molar-refractivity contribution is -0.143. The Hall–Kier alpha value is -2.28. The maximum absolute atomic E-state index is 13.0. The van der Waals surface area contributed by atoms with Gasteiger partial charge in [0.25, 0.3) is 0 Å². The number of esters is 1. The van der Waals surface area contributed by atoms with E-state index in [-0.39, 0.29) is 29.9 Å². The SMILES string of the molecule is CC1=C(C(=O)OC(C)C)C(c2ccc(NC(=O)C3CCCCC3)cc2)N2CCCSC2=N1. The minimum Gasteiger partial charge on any atom is -0.459 e. The number of rotatable bonds is 5. The molecule has 3 aliphatic rings. The minimum absolute atomic E-state index is 0.119. The first kappa shape index (κ1) is 22.9. The number of carbonyl (C=O) groups excluding carboxylic acids is 2. The lowest BCUT2D eigenvalue weighted by Crippen LogP contribution is -2.42. The molecule has 1 atom stereocenters. The lowest BCUT2D eigenvalue weighted by Gasteiger charge is -2.40. The van der Waals surface area contributed by atoms with Crippen molar-refractivity contribution in [2.45, 2.75) is 71.4 Å². The van der Waals surface area contributed by atoms with Gasteiger partial charge in [-0.25, -0.2) is 9.79 Å². The van der Waals surface area contributed by atoms with Crippen LogP contribution in [0.3, 0.4) is 0 Å². The molecule has 172 valence electrons. The van der Waals surface area contributed by atoms with Crippen molar-refractivity contribution in [3.05, 3.63) is 41.1 Å². The monoisotopic (exact) mass is 455 g/mol. The van der Waals surface area contributed by atoms with Crippen molar-refractivity contribution in [3.8, 4) is 0 Å². The summed E-state index contributed by atoms with van der Waals surface area (Å²) in [4.78, 5) is 32.6. The van der Waals surface area contributed by atoms with E-state index in [4.69, 9.17) is 9.73 Å². The van der Waals surface area contributed by atoms with Crippen LogP contribution in [0.25, 0.3) is 0 Å². The molecule has 1 saturated heterocycles. The molecular formula is C25H33N3O3S. The van der Waals surface area contributed by atoms with Crippen LogP contribution in [0.5, 0.6) is 0 Å². The highest BCUT2D eigenvalue weighted by atomic mass is 32.2. The van der Waals surface area contributed by atoms with E-state index in [2.05, 4.69) is 10.2 Å². The molecule has 2 fully saturated rings. The smallest absolute Gasteiger partial charge is 0.338 e. The number of benzene rings is 1. The number of fused-ring (bicyclic) bond motifs is 1. The summed E-state index contributed by atoms with van der Waals surface area (Å²) < 4.78 is 5.58. The number of amidine groups is 1. The van der Waals surface area contributed by atoms with Gasteiger partial charge < -0.3 is 15.0 Å². The molecule has 1 saturated carbocycles. The summed E-state index contributed by atoms with van der Waals surface area (Å²) in [5, 5.41) is 4.05. The summed E-state index contributed by atoms with van der Waals surface area (Å²) in [7, 11) is 0. The molecule has 1 N–H and O–H groups in total. The Kier molecular flexibility index (Phi) is 7.23. The maximum atomic E-state index is 13.0. The number of nitrogens with zero attached hydrogens (tertiary/aromatic N) is 2. The van der Waals surface area contributed by atoms with Crippen molar-refractivity contribution in [3.63, 3.8) is 0 Å². The van der Waals surface area contributed by atoms with Crippen LogP contribution in [0.15, 0.2) is 40.5 Å². The number of anilines is 1. The Morgan fingerprint density at radius 3 is 2.53 bits per heavy atom. The van der Waals surface area contributed by atoms with Gasteiger partial charge in [-0.2, -0.15) is 0 Å². The molecule has 1 aromatic rings. The Labute approximate surface area is 194 Å². The Bertz CT molecular complexity index is 917. The zero-order chi connectivity index (χ0) is 22.7. The van der Waals surface area contributed by atoms with Crippen LogP contribution in [-0.2, 0) is 14.3 Å². The molecular weight excluding hydrogens is 422 g/mol. The van der Waals surface area contributed by atoms with Crippen LogP contribution in [0.4, 0.5) is 5.69 Å². The van der Waals surface area contributed by atoms with E-state index in [0.717, 1.165) is 66.5 Å². The fraction of sp³-hybridized carbons (Fsp3) is 0.560. The van der Waals surface area contributed by atoms with Crippen molar-refractivity contribution >= 4 is 34.5 Å². The molecule has 2 heterocycles. The number of amides is 1. The van der Waals surface area contributed by atoms with Crippen molar-refractivity contribution in [1.29, 1.82) is 0 Å². The van der Waals surface area contributed by atoms with Crippen LogP contribution in [0.2, 0.25) is 0 Å². The first-order valence-electron chi connectivity index (χ1n) is 11.7. The predicted octanol–water partition coefficient (Wildman–Crippen LogP) is 5.28. The third-order valence-corrected chi connectivity index (χ3v) is 7.37. The van der Waals surface area contributed by atoms with Gasteiger partial charge in [-0.05, 0) is 57.7 Å². The van der Waals surface area contributed by atoms with Crippen LogP contribution < -0.4 is 5.32 Å². The maximum Gasteiger partial charge on any atom is 0.338 e. The number of ether oxygens (including phenoxy) is 1. The van der Waals surface area contributed by atoms with Gasteiger partial charge in [0.2, 0.25) is 5.91 Å². The number of thioether (sulfide) groups is 1. The molecule has 0 aromatic heterocycles. The second-order valence-electron chi connectivity index (χ2n) is 9.09. The van der Waals surface area contributed by atoms with Gasteiger partial charge in [0, 0.05) is 23.9 Å². The minimum atomic E-state index is -0.310. The van der Waals surface area contributed by atoms with Crippen LogP contribution in [-0.4, -0.2) is 40.3 Å². The highest BCUT2D eigenvalue weighted by molar-refractivity contribution is 8.13. The van der Waals surface area contributed by atoms with Gasteiger partial charge >= 0.3 is 5.97 Å². The lowest BCUT2D eigenvalue weighted by atomic mass is 9.88. The predicted molar refractivity (Wildman–Crippen MR) is 130 cm³/mol. The molecule has 1 aliphatic carbocycles. The average Bonchev–Trinajstić information content (AvgIpc) is 2.78. The van der Waals surface area contributed by atoms with Crippen molar-refractivity contribution < 1.29 is 14.3 Å². The molecule has 0 radical (unpaired) electrons. The van der Waals surface area contributed by atoms with E-state index < -0.39 is 0 Å². The molecule has 1 unspecified atom stereocenters. The van der Waals surface area contributed by atoms with Gasteiger partial charge in [0.05, 0.1) is 23.4 Å². The van der Waals surface area contributed by atoms with Crippen LogP contribution in [0, 0.1) is 5.92 Å². The molecule has 32 heavy (non-hydrogen) atoms. The van der Waals surface area contributed by atoms with E-state index in [1.807, 2.05) is 45.0 Å². The normalized spacial score (nSPS) is 21.8. The summed E-state index contributed by atoms with van der Waals surface area (Å²) in [5.74, 6) is 0.964. The molecule has 1 aromatic carbocycles. The van der Waals surface area contributed by atoms with Gasteiger partial charge in [0.15, 0.2) is 5.17 Å². The summed E-state index contributed by atoms with van der Waals surface area (Å²) in [6.45, 7) is 6.46. The fourth-order valence-corrected chi connectivity index (χ4v) is 5.73. The summed E-state index contributed by atoms with van der Waals surface area (Å²) in [6.07, 6.45) is 6.31. The van der Waals surface area contributed by atoms with E-state index >= 15 is 0 Å². The summed E-state index contributed by atoms with van der Waals surface area (Å²) in [6, 6.07) is 7.68. The zero-order valence-electron chi connectivity index (χ0n) is 19.2. The van der Waals surface area contributed by atoms with Gasteiger partial charge in [0.1, 0.15) is 0 Å². The van der Waals surface area contributed by atoms with E-state index in [1.54, 1.807) is 11.8 Å². The molecule has 4 rings (SSSR count). The highest BCUT2D eigenvalue weighted by Gasteiger charge is 2.38. The number of hydrogen-bond donors (Lipinski definition) is 1. The quantitative estimate of drug-likeness (QED) is 0.612. The average molecular weight is 456 g/mol. The highest BCUT2D eigenvalue weighted by Crippen LogP contribution is 2.40. The van der Waals surface area contributed by atoms with E-state index in [1.165, 1.54) is 6.42 Å². The fourth-order valence-electron chi connectivity index (χ4n) is 4.71. The second-order valence-corrected chi connectivity index (χ2v) is 10.2. The molecule has 0 spiro atoms. The topological polar surface area (TPSA) is 71.0 Å². The Morgan fingerprint density at radius 1 is 1.12 bits per heavy atom. The number of hydrogen-bond acceptors (Lipinski definition) is 6. The van der Waals surface area contributed by atoms with E-state index in [0.29, 0.717) is 5.57 Å². The third kappa shape index (κ3) is 5.03. The zero-order valence-corrected chi connectivity index (χ0v) is 20.0. The second kappa shape index (κ2) is 10.1. The van der Waals surface area contributed by atoms with E-state index in [9.17, 15) is 9.59 Å². The number of carbonyl (C=O) groups is 2. The Balaban J connectivity index is 1.58. The van der Waals surface area contributed by atoms with Crippen molar-refractivity contribution in [2.75, 3.05) is 17.6 Å². The number of aliphatic imine (C=N–C) groups is 1. The molecule has 6 nitrogen and oxygen atoms in total. The van der Waals surface area contributed by atoms with Crippen molar-refractivity contribution in [2.24, 2.45) is 10.9 Å². The van der Waals surface area contributed by atoms with Gasteiger partial charge in [-0.1, -0.05) is 43.2 Å². The molecule has 7 heteroatoms. The van der Waals surface area contributed by atoms with Gasteiger partial charge in [-0.3, -0.25) is 4.79 Å². The molecule has 1 amide bonds.